The minimum Gasteiger partial charge on any atom is -0.328 e. The smallest absolute Gasteiger partial charge is 0.250 e. The molecule has 1 aromatic carbocycles. The molecule has 0 bridgehead atoms. The third-order valence-corrected chi connectivity index (χ3v) is 5.37. The SMILES string of the molecule is CCCN1C(=O)CN(C2CCCCCC2)C(=O)C1c1ccc(F)cc1. The van der Waals surface area contributed by atoms with Crippen LogP contribution in [0.15, 0.2) is 24.3 Å². The molecule has 1 saturated carbocycles. The van der Waals surface area contributed by atoms with Crippen molar-refractivity contribution >= 4 is 11.8 Å². The molecule has 3 rings (SSSR count). The maximum atomic E-state index is 13.3. The summed E-state index contributed by atoms with van der Waals surface area (Å²) >= 11 is 0. The number of carbonyl (C=O) groups excluding carboxylic acids is 2. The van der Waals surface area contributed by atoms with Crippen molar-refractivity contribution in [3.8, 4) is 0 Å². The zero-order chi connectivity index (χ0) is 17.8. The zero-order valence-corrected chi connectivity index (χ0v) is 14.9. The van der Waals surface area contributed by atoms with Gasteiger partial charge >= 0.3 is 0 Å². The van der Waals surface area contributed by atoms with E-state index in [9.17, 15) is 14.0 Å². The van der Waals surface area contributed by atoms with Crippen LogP contribution >= 0.6 is 0 Å². The van der Waals surface area contributed by atoms with Gasteiger partial charge in [-0.25, -0.2) is 4.39 Å². The van der Waals surface area contributed by atoms with Crippen molar-refractivity contribution in [2.75, 3.05) is 13.1 Å². The van der Waals surface area contributed by atoms with E-state index in [0.717, 1.165) is 32.1 Å². The molecule has 0 radical (unpaired) electrons. The van der Waals surface area contributed by atoms with Crippen LogP contribution in [-0.2, 0) is 9.59 Å². The Morgan fingerprint density at radius 1 is 1.04 bits per heavy atom. The normalized spacial score (nSPS) is 23.0. The molecule has 1 unspecified atom stereocenters. The van der Waals surface area contributed by atoms with E-state index in [0.29, 0.717) is 12.1 Å². The molecule has 136 valence electrons. The molecule has 2 amide bonds. The summed E-state index contributed by atoms with van der Waals surface area (Å²) in [4.78, 5) is 29.5. The second-order valence-corrected chi connectivity index (χ2v) is 7.15. The second-order valence-electron chi connectivity index (χ2n) is 7.15. The van der Waals surface area contributed by atoms with Crippen LogP contribution in [0.2, 0.25) is 0 Å². The van der Waals surface area contributed by atoms with E-state index < -0.39 is 6.04 Å². The molecular weight excluding hydrogens is 319 g/mol. The number of piperazine rings is 1. The quantitative estimate of drug-likeness (QED) is 0.781. The molecule has 1 aliphatic heterocycles. The van der Waals surface area contributed by atoms with Gasteiger partial charge in [0.2, 0.25) is 5.91 Å². The highest BCUT2D eigenvalue weighted by atomic mass is 19.1. The van der Waals surface area contributed by atoms with Gasteiger partial charge in [0.25, 0.3) is 5.91 Å². The van der Waals surface area contributed by atoms with E-state index in [1.54, 1.807) is 21.9 Å². The van der Waals surface area contributed by atoms with Crippen molar-refractivity contribution in [2.45, 2.75) is 64.0 Å². The van der Waals surface area contributed by atoms with Gasteiger partial charge in [-0.2, -0.15) is 0 Å². The number of carbonyl (C=O) groups is 2. The van der Waals surface area contributed by atoms with E-state index in [4.69, 9.17) is 0 Å². The monoisotopic (exact) mass is 346 g/mol. The van der Waals surface area contributed by atoms with Gasteiger partial charge < -0.3 is 9.80 Å². The average molecular weight is 346 g/mol. The number of halogens is 1. The summed E-state index contributed by atoms with van der Waals surface area (Å²) < 4.78 is 13.3. The molecule has 1 saturated heterocycles. The van der Waals surface area contributed by atoms with Crippen LogP contribution in [0.3, 0.4) is 0 Å². The number of hydrogen-bond donors (Lipinski definition) is 0. The van der Waals surface area contributed by atoms with E-state index >= 15 is 0 Å². The Bertz CT molecular complexity index is 609. The fourth-order valence-electron chi connectivity index (χ4n) is 4.09. The van der Waals surface area contributed by atoms with Crippen LogP contribution in [-0.4, -0.2) is 40.7 Å². The summed E-state index contributed by atoms with van der Waals surface area (Å²) in [6.07, 6.45) is 7.38. The Hall–Kier alpha value is -1.91. The van der Waals surface area contributed by atoms with Gasteiger partial charge in [0.1, 0.15) is 18.4 Å². The largest absolute Gasteiger partial charge is 0.328 e. The summed E-state index contributed by atoms with van der Waals surface area (Å²) in [5.41, 5.74) is 0.700. The van der Waals surface area contributed by atoms with Crippen LogP contribution in [0.4, 0.5) is 4.39 Å². The van der Waals surface area contributed by atoms with Crippen LogP contribution in [0.25, 0.3) is 0 Å². The number of benzene rings is 1. The lowest BCUT2D eigenvalue weighted by atomic mass is 9.97. The number of amides is 2. The first-order valence-electron chi connectivity index (χ1n) is 9.47. The molecule has 1 heterocycles. The van der Waals surface area contributed by atoms with Crippen molar-refractivity contribution in [1.82, 2.24) is 9.80 Å². The van der Waals surface area contributed by atoms with Crippen molar-refractivity contribution in [3.63, 3.8) is 0 Å². The van der Waals surface area contributed by atoms with Gasteiger partial charge in [-0.1, -0.05) is 44.7 Å². The van der Waals surface area contributed by atoms with Crippen molar-refractivity contribution in [2.24, 2.45) is 0 Å². The molecule has 0 spiro atoms. The lowest BCUT2D eigenvalue weighted by Crippen LogP contribution is -2.58. The minimum atomic E-state index is -0.620. The highest BCUT2D eigenvalue weighted by Gasteiger charge is 2.42. The summed E-state index contributed by atoms with van der Waals surface area (Å²) in [5, 5.41) is 0. The number of hydrogen-bond acceptors (Lipinski definition) is 2. The van der Waals surface area contributed by atoms with Gasteiger partial charge in [0, 0.05) is 12.6 Å². The number of rotatable bonds is 4. The average Bonchev–Trinajstić information content (AvgIpc) is 2.89. The van der Waals surface area contributed by atoms with E-state index in [-0.39, 0.29) is 30.2 Å². The molecule has 1 aromatic rings. The highest BCUT2D eigenvalue weighted by molar-refractivity contribution is 5.95. The Kier molecular flexibility index (Phi) is 5.71. The molecule has 1 atom stereocenters. The summed E-state index contributed by atoms with van der Waals surface area (Å²) in [7, 11) is 0. The molecule has 25 heavy (non-hydrogen) atoms. The highest BCUT2D eigenvalue weighted by Crippen LogP contribution is 2.32. The van der Waals surface area contributed by atoms with Crippen LogP contribution < -0.4 is 0 Å². The fraction of sp³-hybridized carbons (Fsp3) is 0.600. The van der Waals surface area contributed by atoms with E-state index in [1.165, 1.54) is 25.0 Å². The lowest BCUT2D eigenvalue weighted by Gasteiger charge is -2.43. The predicted molar refractivity (Wildman–Crippen MR) is 94.3 cm³/mol. The summed E-state index contributed by atoms with van der Waals surface area (Å²) in [6, 6.07) is 5.52. The molecular formula is C20H27FN2O2. The maximum absolute atomic E-state index is 13.3. The molecule has 4 nitrogen and oxygen atoms in total. The van der Waals surface area contributed by atoms with E-state index in [2.05, 4.69) is 0 Å². The van der Waals surface area contributed by atoms with Crippen LogP contribution in [0.1, 0.15) is 63.5 Å². The lowest BCUT2D eigenvalue weighted by molar-refractivity contribution is -0.159. The Morgan fingerprint density at radius 3 is 2.28 bits per heavy atom. The number of nitrogens with zero attached hydrogens (tertiary/aromatic N) is 2. The molecule has 0 N–H and O–H groups in total. The van der Waals surface area contributed by atoms with Crippen molar-refractivity contribution in [1.29, 1.82) is 0 Å². The van der Waals surface area contributed by atoms with E-state index in [1.807, 2.05) is 6.92 Å². The van der Waals surface area contributed by atoms with Crippen LogP contribution in [0.5, 0.6) is 0 Å². The first kappa shape index (κ1) is 17.9. The third-order valence-electron chi connectivity index (χ3n) is 5.37. The predicted octanol–water partition coefficient (Wildman–Crippen LogP) is 3.67. The van der Waals surface area contributed by atoms with Crippen molar-refractivity contribution in [3.05, 3.63) is 35.6 Å². The Labute approximate surface area is 149 Å². The van der Waals surface area contributed by atoms with Gasteiger partial charge in [-0.05, 0) is 37.0 Å². The first-order valence-corrected chi connectivity index (χ1v) is 9.47. The van der Waals surface area contributed by atoms with Gasteiger partial charge in [0.15, 0.2) is 0 Å². The second kappa shape index (κ2) is 7.98. The topological polar surface area (TPSA) is 40.6 Å². The summed E-state index contributed by atoms with van der Waals surface area (Å²) in [5.74, 6) is -0.340. The zero-order valence-electron chi connectivity index (χ0n) is 14.9. The van der Waals surface area contributed by atoms with Crippen LogP contribution in [0, 0.1) is 5.82 Å². The van der Waals surface area contributed by atoms with Crippen molar-refractivity contribution < 1.29 is 14.0 Å². The fourth-order valence-corrected chi connectivity index (χ4v) is 4.09. The van der Waals surface area contributed by atoms with Gasteiger partial charge in [-0.3, -0.25) is 9.59 Å². The molecule has 2 aliphatic rings. The summed E-state index contributed by atoms with van der Waals surface area (Å²) in [6.45, 7) is 2.73. The van der Waals surface area contributed by atoms with Gasteiger partial charge in [-0.15, -0.1) is 0 Å². The standard InChI is InChI=1S/C20H27FN2O2/c1-2-13-22-18(24)14-23(17-7-5-3-4-6-8-17)20(25)19(22)15-9-11-16(21)12-10-15/h9-12,17,19H,2-8,13-14H2,1H3. The molecule has 5 heteroatoms. The maximum Gasteiger partial charge on any atom is 0.250 e. The molecule has 0 aromatic heterocycles. The Balaban J connectivity index is 1.90. The minimum absolute atomic E-state index is 0.0000203. The first-order chi connectivity index (χ1) is 12.1. The molecule has 1 aliphatic carbocycles. The Morgan fingerprint density at radius 2 is 1.68 bits per heavy atom. The third kappa shape index (κ3) is 3.86. The van der Waals surface area contributed by atoms with Gasteiger partial charge in [0.05, 0.1) is 0 Å². The molecule has 2 fully saturated rings.